The average Bonchev–Trinajstić information content (AvgIpc) is 2.64. The normalized spacial score (nSPS) is 18.2. The van der Waals surface area contributed by atoms with Gasteiger partial charge in [-0.2, -0.15) is 4.31 Å². The molecule has 0 aromatic heterocycles. The SMILES string of the molecule is COC(=O)c1ccc(Cl)c(S(=O)(=O)N2CCCCC2CNC(=O)OC(C)(C)C)c1. The molecule has 1 atom stereocenters. The predicted octanol–water partition coefficient (Wildman–Crippen LogP) is 3.19. The molecular formula is C19H27ClN2O6S. The van der Waals surface area contributed by atoms with Crippen molar-refractivity contribution in [1.82, 2.24) is 9.62 Å². The van der Waals surface area contributed by atoms with E-state index in [9.17, 15) is 18.0 Å². The molecule has 1 aromatic carbocycles. The largest absolute Gasteiger partial charge is 0.465 e. The second-order valence-electron chi connectivity index (χ2n) is 7.78. The number of esters is 1. The van der Waals surface area contributed by atoms with Gasteiger partial charge in [-0.05, 0) is 51.8 Å². The van der Waals surface area contributed by atoms with Crippen LogP contribution in [0, 0.1) is 0 Å². The van der Waals surface area contributed by atoms with Crippen molar-refractivity contribution in [3.63, 3.8) is 0 Å². The number of amides is 1. The number of hydrogen-bond acceptors (Lipinski definition) is 6. The van der Waals surface area contributed by atoms with E-state index in [4.69, 9.17) is 16.3 Å². The van der Waals surface area contributed by atoms with Crippen molar-refractivity contribution in [2.24, 2.45) is 0 Å². The summed E-state index contributed by atoms with van der Waals surface area (Å²) < 4.78 is 37.8. The fraction of sp³-hybridized carbons (Fsp3) is 0.579. The average molecular weight is 447 g/mol. The molecule has 1 fully saturated rings. The molecule has 1 unspecified atom stereocenters. The molecule has 2 rings (SSSR count). The molecule has 1 aliphatic heterocycles. The highest BCUT2D eigenvalue weighted by atomic mass is 35.5. The van der Waals surface area contributed by atoms with Crippen LogP contribution in [-0.2, 0) is 19.5 Å². The van der Waals surface area contributed by atoms with Gasteiger partial charge in [0, 0.05) is 19.1 Å². The van der Waals surface area contributed by atoms with Gasteiger partial charge in [0.05, 0.1) is 17.7 Å². The minimum atomic E-state index is -3.99. The first-order valence-electron chi connectivity index (χ1n) is 9.32. The van der Waals surface area contributed by atoms with Crippen molar-refractivity contribution in [2.45, 2.75) is 56.6 Å². The summed E-state index contributed by atoms with van der Waals surface area (Å²) >= 11 is 6.15. The molecule has 0 aliphatic carbocycles. The maximum Gasteiger partial charge on any atom is 0.407 e. The first kappa shape index (κ1) is 23.4. The van der Waals surface area contributed by atoms with Crippen LogP contribution in [0.2, 0.25) is 5.02 Å². The van der Waals surface area contributed by atoms with Crippen molar-refractivity contribution in [3.05, 3.63) is 28.8 Å². The number of benzene rings is 1. The summed E-state index contributed by atoms with van der Waals surface area (Å²) in [6, 6.07) is 3.54. The van der Waals surface area contributed by atoms with Crippen LogP contribution in [0.3, 0.4) is 0 Å². The van der Waals surface area contributed by atoms with Gasteiger partial charge in [0.2, 0.25) is 10.0 Å². The standard InChI is InChI=1S/C19H27ClN2O6S/c1-19(2,3)28-18(24)21-12-14-7-5-6-10-22(14)29(25,26)16-11-13(17(23)27-4)8-9-15(16)20/h8-9,11,14H,5-7,10,12H2,1-4H3,(H,21,24). The summed E-state index contributed by atoms with van der Waals surface area (Å²) in [5.41, 5.74) is -0.555. The van der Waals surface area contributed by atoms with Crippen LogP contribution in [0.15, 0.2) is 23.1 Å². The lowest BCUT2D eigenvalue weighted by molar-refractivity contribution is 0.0510. The lowest BCUT2D eigenvalue weighted by atomic mass is 10.1. The minimum absolute atomic E-state index is 0.0158. The highest BCUT2D eigenvalue weighted by molar-refractivity contribution is 7.89. The number of ether oxygens (including phenoxy) is 2. The van der Waals surface area contributed by atoms with Crippen LogP contribution in [-0.4, -0.2) is 56.6 Å². The Labute approximate surface area is 176 Å². The molecule has 29 heavy (non-hydrogen) atoms. The van der Waals surface area contributed by atoms with Crippen LogP contribution in [0.5, 0.6) is 0 Å². The monoisotopic (exact) mass is 446 g/mol. The van der Waals surface area contributed by atoms with Crippen molar-refractivity contribution in [1.29, 1.82) is 0 Å². The number of piperidine rings is 1. The van der Waals surface area contributed by atoms with Crippen LogP contribution in [0.4, 0.5) is 4.79 Å². The Balaban J connectivity index is 2.25. The first-order chi connectivity index (χ1) is 13.5. The van der Waals surface area contributed by atoms with E-state index < -0.39 is 33.7 Å². The summed E-state index contributed by atoms with van der Waals surface area (Å²) in [6.45, 7) is 5.66. The molecule has 1 aromatic rings. The topological polar surface area (TPSA) is 102 Å². The number of nitrogens with one attached hydrogen (secondary N) is 1. The summed E-state index contributed by atoms with van der Waals surface area (Å²) in [5.74, 6) is -0.653. The Bertz CT molecular complexity index is 866. The third kappa shape index (κ3) is 6.07. The Morgan fingerprint density at radius 3 is 2.59 bits per heavy atom. The second-order valence-corrected chi connectivity index (χ2v) is 10.1. The molecule has 10 heteroatoms. The van der Waals surface area contributed by atoms with E-state index in [0.29, 0.717) is 19.4 Å². The van der Waals surface area contributed by atoms with Crippen molar-refractivity contribution in [3.8, 4) is 0 Å². The maximum atomic E-state index is 13.3. The van der Waals surface area contributed by atoms with Crippen molar-refractivity contribution >= 4 is 33.7 Å². The molecule has 8 nitrogen and oxygen atoms in total. The van der Waals surface area contributed by atoms with Crippen LogP contribution in [0.25, 0.3) is 0 Å². The maximum absolute atomic E-state index is 13.3. The molecule has 0 spiro atoms. The van der Waals surface area contributed by atoms with Gasteiger partial charge in [0.15, 0.2) is 0 Å². The molecule has 1 heterocycles. The van der Waals surface area contributed by atoms with E-state index in [1.165, 1.54) is 29.6 Å². The molecular weight excluding hydrogens is 420 g/mol. The Kier molecular flexibility index (Phi) is 7.53. The first-order valence-corrected chi connectivity index (χ1v) is 11.1. The van der Waals surface area contributed by atoms with Crippen LogP contribution >= 0.6 is 11.6 Å². The number of halogens is 1. The fourth-order valence-corrected chi connectivity index (χ4v) is 5.28. The van der Waals surface area contributed by atoms with Gasteiger partial charge >= 0.3 is 12.1 Å². The smallest absolute Gasteiger partial charge is 0.407 e. The number of hydrogen-bond donors (Lipinski definition) is 1. The zero-order chi connectivity index (χ0) is 21.8. The predicted molar refractivity (Wildman–Crippen MR) is 109 cm³/mol. The minimum Gasteiger partial charge on any atom is -0.465 e. The molecule has 1 N–H and O–H groups in total. The molecule has 0 radical (unpaired) electrons. The quantitative estimate of drug-likeness (QED) is 0.697. The van der Waals surface area contributed by atoms with E-state index in [1.807, 2.05) is 0 Å². The molecule has 1 amide bonds. The molecule has 1 aliphatic rings. The van der Waals surface area contributed by atoms with Gasteiger partial charge in [-0.3, -0.25) is 0 Å². The van der Waals surface area contributed by atoms with Gasteiger partial charge in [0.1, 0.15) is 10.5 Å². The van der Waals surface area contributed by atoms with Crippen LogP contribution < -0.4 is 5.32 Å². The Hall–Kier alpha value is -1.84. The van der Waals surface area contributed by atoms with E-state index >= 15 is 0 Å². The molecule has 1 saturated heterocycles. The Morgan fingerprint density at radius 2 is 1.97 bits per heavy atom. The number of rotatable bonds is 5. The van der Waals surface area contributed by atoms with E-state index in [2.05, 4.69) is 10.1 Å². The third-order valence-corrected chi connectivity index (χ3v) is 6.83. The molecule has 162 valence electrons. The summed E-state index contributed by atoms with van der Waals surface area (Å²) in [7, 11) is -2.77. The second kappa shape index (κ2) is 9.32. The molecule has 0 saturated carbocycles. The summed E-state index contributed by atoms with van der Waals surface area (Å²) in [6.07, 6.45) is 1.51. The lowest BCUT2D eigenvalue weighted by Crippen LogP contribution is -2.49. The summed E-state index contributed by atoms with van der Waals surface area (Å²) in [5, 5.41) is 2.66. The van der Waals surface area contributed by atoms with E-state index in [-0.39, 0.29) is 22.0 Å². The van der Waals surface area contributed by atoms with Gasteiger partial charge in [-0.25, -0.2) is 18.0 Å². The van der Waals surface area contributed by atoms with Crippen molar-refractivity contribution < 1.29 is 27.5 Å². The number of carbonyl (C=O) groups is 2. The third-order valence-electron chi connectivity index (χ3n) is 4.39. The van der Waals surface area contributed by atoms with Crippen molar-refractivity contribution in [2.75, 3.05) is 20.2 Å². The van der Waals surface area contributed by atoms with Gasteiger partial charge in [0.25, 0.3) is 0 Å². The fourth-order valence-electron chi connectivity index (χ4n) is 3.08. The van der Waals surface area contributed by atoms with Gasteiger partial charge in [-0.15, -0.1) is 0 Å². The number of sulfonamides is 1. The van der Waals surface area contributed by atoms with E-state index in [1.54, 1.807) is 20.8 Å². The van der Waals surface area contributed by atoms with Gasteiger partial charge < -0.3 is 14.8 Å². The molecule has 0 bridgehead atoms. The summed E-state index contributed by atoms with van der Waals surface area (Å²) in [4.78, 5) is 23.6. The van der Waals surface area contributed by atoms with Crippen LogP contribution in [0.1, 0.15) is 50.4 Å². The number of methoxy groups -OCH3 is 1. The van der Waals surface area contributed by atoms with Gasteiger partial charge in [-0.1, -0.05) is 18.0 Å². The zero-order valence-corrected chi connectivity index (χ0v) is 18.6. The highest BCUT2D eigenvalue weighted by Gasteiger charge is 2.35. The van der Waals surface area contributed by atoms with E-state index in [0.717, 1.165) is 6.42 Å². The Morgan fingerprint density at radius 1 is 1.28 bits per heavy atom. The number of nitrogens with zero attached hydrogens (tertiary/aromatic N) is 1. The zero-order valence-electron chi connectivity index (χ0n) is 17.0. The lowest BCUT2D eigenvalue weighted by Gasteiger charge is -2.35. The number of carbonyl (C=O) groups excluding carboxylic acids is 2. The highest BCUT2D eigenvalue weighted by Crippen LogP contribution is 2.30. The number of alkyl carbamates (subject to hydrolysis) is 1.